The Balaban J connectivity index is 3.47. The van der Waals surface area contributed by atoms with Gasteiger partial charge in [0.05, 0.1) is 14.1 Å². The lowest BCUT2D eigenvalue weighted by atomic mass is 10.0. The van der Waals surface area contributed by atoms with Gasteiger partial charge >= 0.3 is 0 Å². The summed E-state index contributed by atoms with van der Waals surface area (Å²) in [4.78, 5) is 0. The predicted molar refractivity (Wildman–Crippen MR) is 160 cm³/mol. The molecule has 0 spiro atoms. The third-order valence-electron chi connectivity index (χ3n) is 7.69. The monoisotopic (exact) mass is 509 g/mol. The maximum Gasteiger partial charge on any atom is 0.103 e. The number of hydrogen-bond donors (Lipinski definition) is 0. The van der Waals surface area contributed by atoms with Gasteiger partial charge in [-0.1, -0.05) is 162 Å². The van der Waals surface area contributed by atoms with Crippen LogP contribution in [0.5, 0.6) is 0 Å². The van der Waals surface area contributed by atoms with E-state index in [4.69, 9.17) is 0 Å². The second-order valence-electron chi connectivity index (χ2n) is 12.1. The van der Waals surface area contributed by atoms with E-state index in [2.05, 4.69) is 33.0 Å². The van der Waals surface area contributed by atoms with Crippen molar-refractivity contribution in [2.45, 2.75) is 187 Å². The fraction of sp³-hybridized carbons (Fsp3) is 0.970. The van der Waals surface area contributed by atoms with Crippen molar-refractivity contribution in [2.75, 3.05) is 20.6 Å². The van der Waals surface area contributed by atoms with E-state index in [1.54, 1.807) is 0 Å². The van der Waals surface area contributed by atoms with Gasteiger partial charge in [-0.05, 0) is 25.7 Å². The first-order valence-corrected chi connectivity index (χ1v) is 16.6. The molecule has 0 saturated carbocycles. The Kier molecular flexibility index (Phi) is 27.0. The molecule has 36 heavy (non-hydrogen) atoms. The van der Waals surface area contributed by atoms with Crippen LogP contribution in [0.3, 0.4) is 0 Å². The molecule has 0 bridgehead atoms. The molecule has 0 aromatic heterocycles. The molecule has 0 fully saturated rings. The van der Waals surface area contributed by atoms with Gasteiger partial charge < -0.3 is 5.11 Å². The van der Waals surface area contributed by atoms with E-state index in [-0.39, 0.29) is 5.90 Å². The maximum atomic E-state index is 12.3. The van der Waals surface area contributed by atoms with Crippen molar-refractivity contribution in [1.29, 1.82) is 0 Å². The zero-order valence-corrected chi connectivity index (χ0v) is 25.6. The largest absolute Gasteiger partial charge is 0.858 e. The highest BCUT2D eigenvalue weighted by molar-refractivity contribution is 5.70. The van der Waals surface area contributed by atoms with Crippen LogP contribution in [-0.4, -0.2) is 31.1 Å². The molecule has 0 aromatic rings. The molecule has 0 aliphatic heterocycles. The van der Waals surface area contributed by atoms with Gasteiger partial charge in [0.1, 0.15) is 6.54 Å². The highest BCUT2D eigenvalue weighted by Gasteiger charge is 2.12. The molecule has 216 valence electrons. The van der Waals surface area contributed by atoms with Crippen molar-refractivity contribution in [3.63, 3.8) is 0 Å². The summed E-state index contributed by atoms with van der Waals surface area (Å²) in [5, 5.41) is 16.8. The van der Waals surface area contributed by atoms with Gasteiger partial charge in [0.15, 0.2) is 0 Å². The van der Waals surface area contributed by atoms with Crippen LogP contribution in [0.15, 0.2) is 5.10 Å². The normalized spacial score (nSPS) is 12.5. The number of unbranched alkanes of at least 4 members (excludes halogenated alkanes) is 24. The Morgan fingerprint density at radius 2 is 0.722 bits per heavy atom. The minimum Gasteiger partial charge on any atom is -0.858 e. The first kappa shape index (κ1) is 35.4. The smallest absolute Gasteiger partial charge is 0.103 e. The van der Waals surface area contributed by atoms with E-state index in [1.807, 2.05) is 0 Å². The van der Waals surface area contributed by atoms with Gasteiger partial charge in [0.2, 0.25) is 0 Å². The van der Waals surface area contributed by atoms with Gasteiger partial charge in [-0.25, -0.2) is 4.59 Å². The fourth-order valence-electron chi connectivity index (χ4n) is 5.21. The van der Waals surface area contributed by atoms with Crippen molar-refractivity contribution in [1.82, 2.24) is 0 Å². The van der Waals surface area contributed by atoms with Gasteiger partial charge in [-0.2, -0.15) is 0 Å². The van der Waals surface area contributed by atoms with E-state index in [0.29, 0.717) is 11.0 Å². The van der Waals surface area contributed by atoms with Crippen molar-refractivity contribution >= 4 is 5.90 Å². The second kappa shape index (κ2) is 27.5. The standard InChI is InChI=1S/C33H68N2O/c1-5-7-9-11-13-15-16-17-18-19-20-21-22-23-25-27-29-31-33(36)34-35(3,4)32-30-28-26-24-14-12-10-8-6-2/h5-32H2,1-4H3. The van der Waals surface area contributed by atoms with Gasteiger partial charge in [0.25, 0.3) is 0 Å². The van der Waals surface area contributed by atoms with Crippen LogP contribution in [-0.2, 0) is 0 Å². The fourth-order valence-corrected chi connectivity index (χ4v) is 5.21. The molecule has 3 heteroatoms. The minimum atomic E-state index is 0.108. The molecule has 3 nitrogen and oxygen atoms in total. The van der Waals surface area contributed by atoms with Crippen LogP contribution in [0.4, 0.5) is 0 Å². The van der Waals surface area contributed by atoms with Crippen LogP contribution >= 0.6 is 0 Å². The van der Waals surface area contributed by atoms with Crippen LogP contribution in [0, 0.1) is 0 Å². The summed E-state index contributed by atoms with van der Waals surface area (Å²) in [5.74, 6) is 0.108. The van der Waals surface area contributed by atoms with Crippen molar-refractivity contribution in [2.24, 2.45) is 5.10 Å². The highest BCUT2D eigenvalue weighted by atomic mass is 16.3. The Morgan fingerprint density at radius 3 is 1.06 bits per heavy atom. The van der Waals surface area contributed by atoms with Crippen LogP contribution in [0.1, 0.15) is 187 Å². The van der Waals surface area contributed by atoms with Crippen LogP contribution in [0.2, 0.25) is 0 Å². The van der Waals surface area contributed by atoms with Crippen molar-refractivity contribution in [3.8, 4) is 0 Å². The van der Waals surface area contributed by atoms with E-state index < -0.39 is 0 Å². The van der Waals surface area contributed by atoms with Gasteiger partial charge in [-0.3, -0.25) is 0 Å². The molecule has 0 N–H and O–H groups in total. The number of quaternary nitrogens is 1. The summed E-state index contributed by atoms with van der Waals surface area (Å²) in [6.07, 6.45) is 36.1. The Morgan fingerprint density at radius 1 is 0.444 bits per heavy atom. The molecule has 0 aliphatic rings. The molecule has 0 heterocycles. The quantitative estimate of drug-likeness (QED) is 0.0325. The lowest BCUT2D eigenvalue weighted by Gasteiger charge is -2.25. The maximum absolute atomic E-state index is 12.3. The first-order chi connectivity index (χ1) is 17.5. The summed E-state index contributed by atoms with van der Waals surface area (Å²) in [6, 6.07) is 0. The molecule has 0 amide bonds. The number of nitrogens with zero attached hydrogens (tertiary/aromatic N) is 2. The number of hydrogen-bond acceptors (Lipinski definition) is 2. The second-order valence-corrected chi connectivity index (χ2v) is 12.1. The first-order valence-electron chi connectivity index (χ1n) is 16.6. The predicted octanol–water partition coefficient (Wildman–Crippen LogP) is 10.3. The Hall–Kier alpha value is -0.570. The lowest BCUT2D eigenvalue weighted by Crippen LogP contribution is -2.38. The SMILES string of the molecule is CCCCCCCCCCCCCCCCCCC/C([O-])=N/[N+](C)(C)CCCCCCCCCCC. The zero-order valence-electron chi connectivity index (χ0n) is 25.6. The third kappa shape index (κ3) is 28.0. The van der Waals surface area contributed by atoms with Crippen molar-refractivity contribution < 1.29 is 9.70 Å². The molecule has 0 aliphatic carbocycles. The summed E-state index contributed by atoms with van der Waals surface area (Å²) < 4.78 is 0.508. The minimum absolute atomic E-state index is 0.108. The van der Waals surface area contributed by atoms with Crippen LogP contribution in [0.25, 0.3) is 0 Å². The van der Waals surface area contributed by atoms with Crippen LogP contribution < -0.4 is 5.11 Å². The molecule has 0 atom stereocenters. The summed E-state index contributed by atoms with van der Waals surface area (Å²) in [5.41, 5.74) is 0. The molecule has 0 aromatic carbocycles. The zero-order chi connectivity index (χ0) is 26.6. The summed E-state index contributed by atoms with van der Waals surface area (Å²) in [7, 11) is 4.16. The van der Waals surface area contributed by atoms with Crippen molar-refractivity contribution in [3.05, 3.63) is 0 Å². The number of rotatable bonds is 29. The lowest BCUT2D eigenvalue weighted by molar-refractivity contribution is -0.898. The van der Waals surface area contributed by atoms with E-state index in [9.17, 15) is 5.11 Å². The van der Waals surface area contributed by atoms with E-state index in [0.717, 1.165) is 13.0 Å². The molecule has 0 radical (unpaired) electrons. The van der Waals surface area contributed by atoms with Gasteiger partial charge in [-0.15, -0.1) is 5.10 Å². The molecule has 0 saturated heterocycles. The third-order valence-corrected chi connectivity index (χ3v) is 7.69. The Labute approximate surface area is 228 Å². The Bertz CT molecular complexity index is 461. The summed E-state index contributed by atoms with van der Waals surface area (Å²) >= 11 is 0. The highest BCUT2D eigenvalue weighted by Crippen LogP contribution is 2.15. The average molecular weight is 509 g/mol. The van der Waals surface area contributed by atoms with E-state index in [1.165, 1.54) is 161 Å². The molecule has 0 rings (SSSR count). The molecular formula is C33H68N2O. The molecular weight excluding hydrogens is 440 g/mol. The average Bonchev–Trinajstić information content (AvgIpc) is 2.84. The van der Waals surface area contributed by atoms with Gasteiger partial charge in [0, 0.05) is 5.90 Å². The topological polar surface area (TPSA) is 35.4 Å². The molecule has 0 unspecified atom stereocenters. The van der Waals surface area contributed by atoms with E-state index >= 15 is 0 Å². The summed E-state index contributed by atoms with van der Waals surface area (Å²) in [6.45, 7) is 5.55.